The Kier molecular flexibility index (Phi) is 5.69. The Morgan fingerprint density at radius 2 is 2.00 bits per heavy atom. The average molecular weight is 293 g/mol. The monoisotopic (exact) mass is 293 g/mol. The second kappa shape index (κ2) is 7.06. The van der Waals surface area contributed by atoms with Gasteiger partial charge in [0.1, 0.15) is 0 Å². The number of anilines is 1. The van der Waals surface area contributed by atoms with Crippen molar-refractivity contribution in [3.05, 3.63) is 23.0 Å². The maximum atomic E-state index is 11.7. The molecule has 0 atom stereocenters. The topological polar surface area (TPSA) is 96.5 Å². The normalized spacial score (nSPS) is 10.7. The van der Waals surface area contributed by atoms with E-state index in [1.807, 2.05) is 31.7 Å². The predicted molar refractivity (Wildman–Crippen MR) is 81.6 cm³/mol. The molecule has 21 heavy (non-hydrogen) atoms. The Hall–Kier alpha value is -2.11. The first-order chi connectivity index (χ1) is 9.73. The van der Waals surface area contributed by atoms with Crippen molar-refractivity contribution >= 4 is 17.6 Å². The third kappa shape index (κ3) is 4.44. The van der Waals surface area contributed by atoms with Crippen LogP contribution in [-0.2, 0) is 4.79 Å². The summed E-state index contributed by atoms with van der Waals surface area (Å²) in [4.78, 5) is 28.7. The fourth-order valence-electron chi connectivity index (χ4n) is 2.40. The van der Waals surface area contributed by atoms with Gasteiger partial charge in [-0.05, 0) is 40.2 Å². The van der Waals surface area contributed by atoms with Crippen LogP contribution < -0.4 is 10.6 Å². The molecule has 0 spiro atoms. The molecule has 0 unspecified atom stereocenters. The number of hydrogen-bond acceptors (Lipinski definition) is 4. The van der Waals surface area contributed by atoms with Crippen molar-refractivity contribution in [2.75, 3.05) is 11.4 Å². The summed E-state index contributed by atoms with van der Waals surface area (Å²) in [7, 11) is 0. The summed E-state index contributed by atoms with van der Waals surface area (Å²) >= 11 is 0. The minimum Gasteiger partial charge on any atom is -0.481 e. The first kappa shape index (κ1) is 16.9. The number of carbonyl (C=O) groups is 2. The van der Waals surface area contributed by atoms with Gasteiger partial charge in [0.25, 0.3) is 5.91 Å². The van der Waals surface area contributed by atoms with Crippen molar-refractivity contribution in [1.29, 1.82) is 0 Å². The number of carboxylic acids is 1. The minimum atomic E-state index is -0.823. The van der Waals surface area contributed by atoms with Gasteiger partial charge in [0, 0.05) is 24.7 Å². The minimum absolute atomic E-state index is 0.0954. The molecule has 0 radical (unpaired) electrons. The van der Waals surface area contributed by atoms with E-state index in [0.29, 0.717) is 24.2 Å². The molecular formula is C15H23N3O3. The molecule has 0 saturated carbocycles. The lowest BCUT2D eigenvalue weighted by Crippen LogP contribution is -2.34. The second-order valence-electron chi connectivity index (χ2n) is 5.39. The number of carbonyl (C=O) groups excluding carboxylic acids is 1. The lowest BCUT2D eigenvalue weighted by atomic mass is 10.1. The number of rotatable bonds is 7. The lowest BCUT2D eigenvalue weighted by Gasteiger charge is -2.31. The molecule has 6 heteroatoms. The van der Waals surface area contributed by atoms with Crippen molar-refractivity contribution in [1.82, 2.24) is 4.98 Å². The summed E-state index contributed by atoms with van der Waals surface area (Å²) in [6.45, 7) is 8.16. The Bertz CT molecular complexity index is 541. The van der Waals surface area contributed by atoms with Gasteiger partial charge in [-0.3, -0.25) is 14.6 Å². The molecule has 1 amide bonds. The zero-order chi connectivity index (χ0) is 16.2. The summed E-state index contributed by atoms with van der Waals surface area (Å²) < 4.78 is 0. The van der Waals surface area contributed by atoms with Crippen LogP contribution in [0.25, 0.3) is 0 Å². The highest BCUT2D eigenvalue weighted by Crippen LogP contribution is 2.26. The SMILES string of the molecule is Cc1cc(N(CCCC(=O)O)C(C)C)c(C(N)=O)c(C)n1. The number of hydrogen-bond donors (Lipinski definition) is 2. The third-order valence-electron chi connectivity index (χ3n) is 3.28. The van der Waals surface area contributed by atoms with Crippen molar-refractivity contribution in [3.8, 4) is 0 Å². The number of aliphatic carboxylic acids is 1. The van der Waals surface area contributed by atoms with E-state index >= 15 is 0 Å². The quantitative estimate of drug-likeness (QED) is 0.800. The van der Waals surface area contributed by atoms with Gasteiger partial charge >= 0.3 is 5.97 Å². The smallest absolute Gasteiger partial charge is 0.303 e. The van der Waals surface area contributed by atoms with Crippen molar-refractivity contribution in [2.45, 2.75) is 46.6 Å². The van der Waals surface area contributed by atoms with Gasteiger partial charge < -0.3 is 15.7 Å². The van der Waals surface area contributed by atoms with Crippen LogP contribution in [0.3, 0.4) is 0 Å². The van der Waals surface area contributed by atoms with Crippen LogP contribution in [-0.4, -0.2) is 34.6 Å². The number of nitrogens with zero attached hydrogens (tertiary/aromatic N) is 2. The van der Waals surface area contributed by atoms with Crippen LogP contribution in [0.5, 0.6) is 0 Å². The maximum Gasteiger partial charge on any atom is 0.303 e. The highest BCUT2D eigenvalue weighted by Gasteiger charge is 2.20. The standard InChI is InChI=1S/C15H23N3O3/c1-9(2)18(7-5-6-13(19)20)12-8-10(3)17-11(4)14(12)15(16)21/h8-9H,5-7H2,1-4H3,(H2,16,21)(H,19,20). The van der Waals surface area contributed by atoms with E-state index in [1.165, 1.54) is 0 Å². The van der Waals surface area contributed by atoms with Gasteiger partial charge in [-0.25, -0.2) is 0 Å². The molecule has 0 bridgehead atoms. The fourth-order valence-corrected chi connectivity index (χ4v) is 2.40. The third-order valence-corrected chi connectivity index (χ3v) is 3.28. The molecule has 1 aromatic heterocycles. The number of aryl methyl sites for hydroxylation is 2. The van der Waals surface area contributed by atoms with Crippen molar-refractivity contribution in [3.63, 3.8) is 0 Å². The van der Waals surface area contributed by atoms with E-state index in [-0.39, 0.29) is 12.5 Å². The predicted octanol–water partition coefficient (Wildman–Crippen LogP) is 1.88. The van der Waals surface area contributed by atoms with Gasteiger partial charge in [-0.15, -0.1) is 0 Å². The summed E-state index contributed by atoms with van der Waals surface area (Å²) in [5.41, 5.74) is 8.02. The summed E-state index contributed by atoms with van der Waals surface area (Å²) in [5, 5.41) is 8.76. The Morgan fingerprint density at radius 3 is 2.48 bits per heavy atom. The molecule has 3 N–H and O–H groups in total. The molecule has 0 aliphatic heterocycles. The molecule has 0 fully saturated rings. The molecule has 0 aliphatic carbocycles. The number of amides is 1. The van der Waals surface area contributed by atoms with E-state index < -0.39 is 11.9 Å². The molecule has 0 saturated heterocycles. The number of pyridine rings is 1. The van der Waals surface area contributed by atoms with Gasteiger partial charge in [0.05, 0.1) is 16.9 Å². The highest BCUT2D eigenvalue weighted by atomic mass is 16.4. The molecule has 6 nitrogen and oxygen atoms in total. The van der Waals surface area contributed by atoms with E-state index in [4.69, 9.17) is 10.8 Å². The first-order valence-electron chi connectivity index (χ1n) is 7.00. The van der Waals surface area contributed by atoms with Crippen molar-refractivity contribution in [2.24, 2.45) is 5.73 Å². The zero-order valence-electron chi connectivity index (χ0n) is 13.0. The lowest BCUT2D eigenvalue weighted by molar-refractivity contribution is -0.137. The Labute approximate surface area is 125 Å². The Morgan fingerprint density at radius 1 is 1.38 bits per heavy atom. The molecule has 1 heterocycles. The van der Waals surface area contributed by atoms with E-state index in [2.05, 4.69) is 4.98 Å². The summed E-state index contributed by atoms with van der Waals surface area (Å²) in [6.07, 6.45) is 0.601. The van der Waals surface area contributed by atoms with Crippen LogP contribution >= 0.6 is 0 Å². The van der Waals surface area contributed by atoms with E-state index in [1.54, 1.807) is 6.92 Å². The van der Waals surface area contributed by atoms with Gasteiger partial charge in [0.2, 0.25) is 0 Å². The van der Waals surface area contributed by atoms with Gasteiger partial charge in [-0.1, -0.05) is 0 Å². The van der Waals surface area contributed by atoms with Crippen LogP contribution in [0.1, 0.15) is 48.4 Å². The number of primary amides is 1. The molecule has 116 valence electrons. The van der Waals surface area contributed by atoms with Crippen LogP contribution in [0.15, 0.2) is 6.07 Å². The van der Waals surface area contributed by atoms with E-state index in [0.717, 1.165) is 11.4 Å². The number of carboxylic acid groups (broad SMARTS) is 1. The molecular weight excluding hydrogens is 270 g/mol. The molecule has 0 aliphatic rings. The highest BCUT2D eigenvalue weighted by molar-refractivity contribution is 5.99. The molecule has 1 aromatic rings. The summed E-state index contributed by atoms with van der Waals surface area (Å²) in [5.74, 6) is -1.34. The largest absolute Gasteiger partial charge is 0.481 e. The summed E-state index contributed by atoms with van der Waals surface area (Å²) in [6, 6.07) is 1.95. The fraction of sp³-hybridized carbons (Fsp3) is 0.533. The van der Waals surface area contributed by atoms with E-state index in [9.17, 15) is 9.59 Å². The van der Waals surface area contributed by atoms with Crippen molar-refractivity contribution < 1.29 is 14.7 Å². The van der Waals surface area contributed by atoms with Gasteiger partial charge in [-0.2, -0.15) is 0 Å². The second-order valence-corrected chi connectivity index (χ2v) is 5.39. The molecule has 1 rings (SSSR count). The first-order valence-corrected chi connectivity index (χ1v) is 7.00. The number of aromatic nitrogens is 1. The average Bonchev–Trinajstić information content (AvgIpc) is 2.32. The van der Waals surface area contributed by atoms with Crippen LogP contribution in [0, 0.1) is 13.8 Å². The van der Waals surface area contributed by atoms with Gasteiger partial charge in [0.15, 0.2) is 0 Å². The van der Waals surface area contributed by atoms with Crippen LogP contribution in [0.4, 0.5) is 5.69 Å². The maximum absolute atomic E-state index is 11.7. The zero-order valence-corrected chi connectivity index (χ0v) is 13.0. The molecule has 0 aromatic carbocycles. The van der Waals surface area contributed by atoms with Crippen LogP contribution in [0.2, 0.25) is 0 Å². The Balaban J connectivity index is 3.18. The number of nitrogens with two attached hydrogens (primary N) is 1.